The smallest absolute Gasteiger partial charge is 1.00 e. The molecule has 0 fully saturated rings. The molecule has 36 valence electrons. The van der Waals surface area contributed by atoms with E-state index < -0.39 is 0 Å². The van der Waals surface area contributed by atoms with Gasteiger partial charge in [0, 0.05) is 12.3 Å². The Morgan fingerprint density at radius 1 is 1.71 bits per heavy atom. The van der Waals surface area contributed by atoms with Crippen LogP contribution in [0.3, 0.4) is 0 Å². The molecule has 0 unspecified atom stereocenters. The number of hydrogen-bond acceptors (Lipinski definition) is 0. The van der Waals surface area contributed by atoms with Gasteiger partial charge in [-0.2, -0.15) is 0 Å². The summed E-state index contributed by atoms with van der Waals surface area (Å²) < 4.78 is 0. The van der Waals surface area contributed by atoms with Crippen LogP contribution in [-0.2, 0) is 0 Å². The Morgan fingerprint density at radius 3 is 2.43 bits per heavy atom. The van der Waals surface area contributed by atoms with Crippen molar-refractivity contribution in [2.24, 2.45) is 0 Å². The van der Waals surface area contributed by atoms with Crippen LogP contribution in [0.25, 0.3) is 0 Å². The number of halogens is 1. The van der Waals surface area contributed by atoms with Crippen LogP contribution in [0, 0.1) is 12.3 Å². The summed E-state index contributed by atoms with van der Waals surface area (Å²) in [6.45, 7) is 0. The van der Waals surface area contributed by atoms with Crippen LogP contribution in [0.2, 0.25) is 0 Å². The molecule has 0 aromatic carbocycles. The molecule has 0 nitrogen and oxygen atoms in total. The van der Waals surface area contributed by atoms with Crippen molar-refractivity contribution in [2.45, 2.75) is 12.8 Å². The van der Waals surface area contributed by atoms with Gasteiger partial charge >= 0.3 is 18.9 Å². The summed E-state index contributed by atoms with van der Waals surface area (Å²) >= 11 is 5.28. The van der Waals surface area contributed by atoms with Crippen LogP contribution in [0.5, 0.6) is 0 Å². The van der Waals surface area contributed by atoms with Gasteiger partial charge in [0.05, 0.1) is 0 Å². The number of unbranched alkanes of at least 4 members (excludes halogenated alkanes) is 1. The average Bonchev–Trinajstić information content (AvgIpc) is 1.61. The molecular formula is C5H8ClLi. The van der Waals surface area contributed by atoms with Crippen molar-refractivity contribution in [1.29, 1.82) is 0 Å². The van der Waals surface area contributed by atoms with E-state index >= 15 is 0 Å². The molecule has 0 aliphatic heterocycles. The van der Waals surface area contributed by atoms with Crippen LogP contribution >= 0.6 is 11.6 Å². The minimum Gasteiger partial charge on any atom is -1.00 e. The first kappa shape index (κ1) is 10.4. The van der Waals surface area contributed by atoms with E-state index in [2.05, 4.69) is 5.92 Å². The van der Waals surface area contributed by atoms with E-state index in [0.29, 0.717) is 5.88 Å². The van der Waals surface area contributed by atoms with E-state index in [1.807, 2.05) is 0 Å². The first-order valence-electron chi connectivity index (χ1n) is 1.91. The molecule has 0 radical (unpaired) electrons. The van der Waals surface area contributed by atoms with Crippen molar-refractivity contribution < 1.29 is 20.3 Å². The fourth-order valence-electron chi connectivity index (χ4n) is 0.169. The van der Waals surface area contributed by atoms with Gasteiger partial charge in [-0.3, -0.25) is 0 Å². The number of alkyl halides is 1. The maximum atomic E-state index is 5.28. The van der Waals surface area contributed by atoms with Gasteiger partial charge in [0.1, 0.15) is 0 Å². The van der Waals surface area contributed by atoms with E-state index in [-0.39, 0.29) is 20.3 Å². The van der Waals surface area contributed by atoms with Crippen LogP contribution < -0.4 is 18.9 Å². The van der Waals surface area contributed by atoms with E-state index in [0.717, 1.165) is 12.8 Å². The third kappa shape index (κ3) is 10.7. The van der Waals surface area contributed by atoms with E-state index in [4.69, 9.17) is 18.0 Å². The summed E-state index contributed by atoms with van der Waals surface area (Å²) in [6, 6.07) is 0. The normalized spacial score (nSPS) is 6.29. The van der Waals surface area contributed by atoms with Gasteiger partial charge in [0.25, 0.3) is 0 Å². The predicted octanol–water partition coefficient (Wildman–Crippen LogP) is -1.24. The fraction of sp³-hybridized carbons (Fsp3) is 0.600. The zero-order chi connectivity index (χ0) is 4.83. The Hall–Kier alpha value is 0.447. The second kappa shape index (κ2) is 9.67. The van der Waals surface area contributed by atoms with Gasteiger partial charge in [-0.15, -0.1) is 23.9 Å². The van der Waals surface area contributed by atoms with Gasteiger partial charge < -0.3 is 1.43 Å². The SMILES string of the molecule is C#CCCCCl.[H-].[Li+]. The summed E-state index contributed by atoms with van der Waals surface area (Å²) in [5, 5.41) is 0. The standard InChI is InChI=1S/C5H7Cl.Li.H/c1-2-3-4-5-6;;/h1H,3-5H2;;/q;+1;-1. The fourth-order valence-corrected chi connectivity index (χ4v) is 0.303. The van der Waals surface area contributed by atoms with Crippen molar-refractivity contribution in [3.05, 3.63) is 0 Å². The molecule has 0 aliphatic rings. The van der Waals surface area contributed by atoms with Gasteiger partial charge in [-0.1, -0.05) is 0 Å². The molecule has 0 spiro atoms. The third-order valence-corrected chi connectivity index (χ3v) is 0.722. The summed E-state index contributed by atoms with van der Waals surface area (Å²) in [7, 11) is 0. The largest absolute Gasteiger partial charge is 1.00 e. The number of hydrogen-bond donors (Lipinski definition) is 0. The van der Waals surface area contributed by atoms with Crippen molar-refractivity contribution >= 4 is 11.6 Å². The van der Waals surface area contributed by atoms with Crippen LogP contribution in [0.4, 0.5) is 0 Å². The molecule has 7 heavy (non-hydrogen) atoms. The van der Waals surface area contributed by atoms with E-state index in [1.165, 1.54) is 0 Å². The monoisotopic (exact) mass is 110 g/mol. The van der Waals surface area contributed by atoms with Crippen LogP contribution in [-0.4, -0.2) is 5.88 Å². The van der Waals surface area contributed by atoms with Crippen LogP contribution in [0.15, 0.2) is 0 Å². The van der Waals surface area contributed by atoms with Crippen molar-refractivity contribution in [3.63, 3.8) is 0 Å². The quantitative estimate of drug-likeness (QED) is 0.181. The molecule has 0 N–H and O–H groups in total. The molecule has 2 heteroatoms. The Bertz CT molecular complexity index is 59.9. The summed E-state index contributed by atoms with van der Waals surface area (Å²) in [4.78, 5) is 0. The van der Waals surface area contributed by atoms with Gasteiger partial charge in [-0.25, -0.2) is 0 Å². The Kier molecular flexibility index (Phi) is 14.4. The molecule has 0 saturated carbocycles. The third-order valence-electron chi connectivity index (χ3n) is 0.455. The second-order valence-corrected chi connectivity index (χ2v) is 1.37. The summed E-state index contributed by atoms with van der Waals surface area (Å²) in [6.07, 6.45) is 6.66. The van der Waals surface area contributed by atoms with Crippen molar-refractivity contribution in [2.75, 3.05) is 5.88 Å². The first-order chi connectivity index (χ1) is 2.91. The van der Waals surface area contributed by atoms with Gasteiger partial charge in [-0.05, 0) is 6.42 Å². The Balaban J connectivity index is -0.000000125. The minimum absolute atomic E-state index is 0. The molecule has 0 heterocycles. The Morgan fingerprint density at radius 2 is 2.29 bits per heavy atom. The Labute approximate surface area is 63.3 Å². The number of rotatable bonds is 2. The molecule has 0 aromatic heterocycles. The summed E-state index contributed by atoms with van der Waals surface area (Å²) in [5.74, 6) is 3.17. The topological polar surface area (TPSA) is 0 Å². The van der Waals surface area contributed by atoms with Crippen molar-refractivity contribution in [1.82, 2.24) is 0 Å². The van der Waals surface area contributed by atoms with Gasteiger partial charge in [0.15, 0.2) is 0 Å². The minimum atomic E-state index is 0. The zero-order valence-corrected chi connectivity index (χ0v) is 5.33. The molecule has 0 atom stereocenters. The average molecular weight is 111 g/mol. The first-order valence-corrected chi connectivity index (χ1v) is 2.44. The predicted molar refractivity (Wildman–Crippen MR) is 29.9 cm³/mol. The maximum Gasteiger partial charge on any atom is 1.00 e. The molecule has 0 aliphatic carbocycles. The van der Waals surface area contributed by atoms with E-state index in [1.54, 1.807) is 0 Å². The van der Waals surface area contributed by atoms with Crippen molar-refractivity contribution in [3.8, 4) is 12.3 Å². The second-order valence-electron chi connectivity index (χ2n) is 0.997. The van der Waals surface area contributed by atoms with Crippen LogP contribution in [0.1, 0.15) is 14.3 Å². The molecule has 0 amide bonds. The molecular weight excluding hydrogens is 102 g/mol. The molecule has 0 saturated heterocycles. The molecule has 0 bridgehead atoms. The molecule has 0 rings (SSSR count). The number of terminal acetylenes is 1. The zero-order valence-electron chi connectivity index (χ0n) is 5.58. The molecule has 0 aromatic rings. The maximum absolute atomic E-state index is 5.28. The summed E-state index contributed by atoms with van der Waals surface area (Å²) in [5.41, 5.74) is 0. The van der Waals surface area contributed by atoms with Gasteiger partial charge in [0.2, 0.25) is 0 Å². The van der Waals surface area contributed by atoms with E-state index in [9.17, 15) is 0 Å².